The Kier molecular flexibility index (Phi) is 6.49. The lowest BCUT2D eigenvalue weighted by molar-refractivity contribution is 0.464. The molecule has 0 saturated carbocycles. The molecule has 0 bridgehead atoms. The van der Waals surface area contributed by atoms with Crippen molar-refractivity contribution in [1.82, 2.24) is 20.4 Å². The molecule has 0 unspecified atom stereocenters. The van der Waals surface area contributed by atoms with E-state index in [9.17, 15) is 0 Å². The lowest BCUT2D eigenvalue weighted by Crippen LogP contribution is -2.21. The maximum atomic E-state index is 5.78. The van der Waals surface area contributed by atoms with Gasteiger partial charge in [-0.25, -0.2) is 0 Å². The molecule has 0 spiro atoms. The summed E-state index contributed by atoms with van der Waals surface area (Å²) in [6, 6.07) is 15.8. The van der Waals surface area contributed by atoms with Crippen molar-refractivity contribution in [1.29, 1.82) is 0 Å². The van der Waals surface area contributed by atoms with Crippen LogP contribution in [0.2, 0.25) is 0 Å². The quantitative estimate of drug-likeness (QED) is 0.294. The van der Waals surface area contributed by atoms with Crippen molar-refractivity contribution in [3.63, 3.8) is 0 Å². The van der Waals surface area contributed by atoms with Gasteiger partial charge in [-0.2, -0.15) is 0 Å². The number of halogens is 1. The summed E-state index contributed by atoms with van der Waals surface area (Å²) in [5.74, 6) is 1.93. The van der Waals surface area contributed by atoms with Gasteiger partial charge in [0.1, 0.15) is 0 Å². The van der Waals surface area contributed by atoms with E-state index >= 15 is 0 Å². The summed E-state index contributed by atoms with van der Waals surface area (Å²) in [5, 5.41) is 16.9. The Hall–Kier alpha value is -2.65. The topological polar surface area (TPSA) is 81.1 Å². The van der Waals surface area contributed by atoms with Gasteiger partial charge in [0.2, 0.25) is 17.7 Å². The number of hydrogen-bond donors (Lipinski definition) is 0. The third kappa shape index (κ3) is 4.73. The minimum Gasteiger partial charge on any atom is -0.420 e. The average molecular weight is 486 g/mol. The van der Waals surface area contributed by atoms with Gasteiger partial charge in [-0.1, -0.05) is 27.7 Å². The Bertz CT molecular complexity index is 1090. The smallest absolute Gasteiger partial charge is 0.277 e. The summed E-state index contributed by atoms with van der Waals surface area (Å²) in [7, 11) is 0. The van der Waals surface area contributed by atoms with Gasteiger partial charge in [-0.05, 0) is 62.4 Å². The molecule has 0 saturated heterocycles. The molecule has 0 atom stereocenters. The normalized spacial score (nSPS) is 11.0. The highest BCUT2D eigenvalue weighted by Crippen LogP contribution is 2.28. The molecule has 0 aliphatic carbocycles. The minimum atomic E-state index is 0.450. The van der Waals surface area contributed by atoms with Crippen LogP contribution in [0.15, 0.2) is 67.1 Å². The Morgan fingerprint density at radius 2 is 1.40 bits per heavy atom. The van der Waals surface area contributed by atoms with E-state index in [4.69, 9.17) is 8.83 Å². The second kappa shape index (κ2) is 9.44. The molecule has 4 rings (SSSR count). The molecule has 154 valence electrons. The molecule has 2 aromatic carbocycles. The SMILES string of the molecule is CCN(CC)c1ccc(-c2nnc(SCc3nnc(-c4ccc(Br)cc4)o3)o2)cc1. The summed E-state index contributed by atoms with van der Waals surface area (Å²) in [6.07, 6.45) is 0. The number of anilines is 1. The van der Waals surface area contributed by atoms with E-state index in [2.05, 4.69) is 67.2 Å². The molecule has 0 amide bonds. The molecule has 9 heteroatoms. The van der Waals surface area contributed by atoms with Gasteiger partial charge >= 0.3 is 0 Å². The fourth-order valence-corrected chi connectivity index (χ4v) is 3.80. The molecule has 2 heterocycles. The molecule has 0 radical (unpaired) electrons. The van der Waals surface area contributed by atoms with Gasteiger partial charge in [0.15, 0.2) is 0 Å². The van der Waals surface area contributed by atoms with Gasteiger partial charge in [-0.15, -0.1) is 20.4 Å². The van der Waals surface area contributed by atoms with Crippen LogP contribution in [0.1, 0.15) is 19.7 Å². The highest BCUT2D eigenvalue weighted by molar-refractivity contribution is 9.10. The van der Waals surface area contributed by atoms with Crippen LogP contribution in [0.3, 0.4) is 0 Å². The van der Waals surface area contributed by atoms with Gasteiger partial charge in [-0.3, -0.25) is 0 Å². The van der Waals surface area contributed by atoms with E-state index in [0.29, 0.717) is 28.6 Å². The van der Waals surface area contributed by atoms with Gasteiger partial charge < -0.3 is 13.7 Å². The average Bonchev–Trinajstić information content (AvgIpc) is 3.44. The second-order valence-electron chi connectivity index (χ2n) is 6.39. The van der Waals surface area contributed by atoms with E-state index in [1.807, 2.05) is 36.4 Å². The number of hydrogen-bond acceptors (Lipinski definition) is 8. The molecular weight excluding hydrogens is 466 g/mol. The van der Waals surface area contributed by atoms with Crippen LogP contribution in [-0.2, 0) is 5.75 Å². The van der Waals surface area contributed by atoms with Gasteiger partial charge in [0.05, 0.1) is 5.75 Å². The van der Waals surface area contributed by atoms with Crippen LogP contribution < -0.4 is 4.90 Å². The lowest BCUT2D eigenvalue weighted by Gasteiger charge is -2.20. The van der Waals surface area contributed by atoms with E-state index in [1.54, 1.807) is 0 Å². The highest BCUT2D eigenvalue weighted by atomic mass is 79.9. The standard InChI is InChI=1S/C21H20BrN5O2S/c1-3-27(4-2)17-11-7-15(8-12-17)20-25-26-21(29-20)30-13-18-23-24-19(28-18)14-5-9-16(22)10-6-14/h5-12H,3-4,13H2,1-2H3. The van der Waals surface area contributed by atoms with Crippen LogP contribution in [0.4, 0.5) is 5.69 Å². The third-order valence-corrected chi connectivity index (χ3v) is 5.86. The van der Waals surface area contributed by atoms with Crippen LogP contribution in [-0.4, -0.2) is 33.5 Å². The molecule has 0 aliphatic heterocycles. The summed E-state index contributed by atoms with van der Waals surface area (Å²) in [5.41, 5.74) is 2.94. The first-order valence-corrected chi connectivity index (χ1v) is 11.3. The lowest BCUT2D eigenvalue weighted by atomic mass is 10.2. The Morgan fingerprint density at radius 1 is 0.800 bits per heavy atom. The van der Waals surface area contributed by atoms with Crippen molar-refractivity contribution < 1.29 is 8.83 Å². The van der Waals surface area contributed by atoms with Crippen LogP contribution in [0.5, 0.6) is 0 Å². The summed E-state index contributed by atoms with van der Waals surface area (Å²) >= 11 is 4.78. The van der Waals surface area contributed by atoms with Crippen LogP contribution >= 0.6 is 27.7 Å². The van der Waals surface area contributed by atoms with Crippen molar-refractivity contribution in [3.05, 3.63) is 58.9 Å². The predicted octanol–water partition coefficient (Wildman–Crippen LogP) is 5.69. The maximum absolute atomic E-state index is 5.78. The number of benzene rings is 2. The van der Waals surface area contributed by atoms with Gasteiger partial charge in [0, 0.05) is 34.4 Å². The molecule has 7 nitrogen and oxygen atoms in total. The summed E-state index contributed by atoms with van der Waals surface area (Å²) in [6.45, 7) is 6.22. The monoisotopic (exact) mass is 485 g/mol. The van der Waals surface area contributed by atoms with Crippen LogP contribution in [0.25, 0.3) is 22.9 Å². The molecule has 30 heavy (non-hydrogen) atoms. The zero-order valence-electron chi connectivity index (χ0n) is 16.6. The fraction of sp³-hybridized carbons (Fsp3) is 0.238. The minimum absolute atomic E-state index is 0.450. The fourth-order valence-electron chi connectivity index (χ4n) is 2.93. The first kappa shape index (κ1) is 20.6. The van der Waals surface area contributed by atoms with Crippen molar-refractivity contribution in [3.8, 4) is 22.9 Å². The van der Waals surface area contributed by atoms with Crippen molar-refractivity contribution >= 4 is 33.4 Å². The maximum Gasteiger partial charge on any atom is 0.277 e. The van der Waals surface area contributed by atoms with Crippen molar-refractivity contribution in [2.24, 2.45) is 0 Å². The Morgan fingerprint density at radius 3 is 2.07 bits per heavy atom. The highest BCUT2D eigenvalue weighted by Gasteiger charge is 2.13. The zero-order chi connectivity index (χ0) is 20.9. The molecule has 0 aliphatic rings. The third-order valence-electron chi connectivity index (χ3n) is 4.53. The first-order chi connectivity index (χ1) is 14.7. The van der Waals surface area contributed by atoms with Gasteiger partial charge in [0.25, 0.3) is 5.22 Å². The Balaban J connectivity index is 1.39. The molecule has 0 fully saturated rings. The molecular formula is C21H20BrN5O2S. The largest absolute Gasteiger partial charge is 0.420 e. The van der Waals surface area contributed by atoms with E-state index in [0.717, 1.165) is 28.7 Å². The first-order valence-electron chi connectivity index (χ1n) is 9.56. The molecule has 2 aromatic heterocycles. The molecule has 0 N–H and O–H groups in total. The summed E-state index contributed by atoms with van der Waals surface area (Å²) in [4.78, 5) is 2.28. The van der Waals surface area contributed by atoms with E-state index in [1.165, 1.54) is 17.4 Å². The van der Waals surface area contributed by atoms with E-state index in [-0.39, 0.29) is 0 Å². The van der Waals surface area contributed by atoms with E-state index < -0.39 is 0 Å². The van der Waals surface area contributed by atoms with Crippen LogP contribution in [0, 0.1) is 0 Å². The zero-order valence-corrected chi connectivity index (χ0v) is 19.0. The summed E-state index contributed by atoms with van der Waals surface area (Å²) < 4.78 is 12.5. The number of nitrogens with zero attached hydrogens (tertiary/aromatic N) is 5. The van der Waals surface area contributed by atoms with Crippen molar-refractivity contribution in [2.75, 3.05) is 18.0 Å². The Labute approximate surface area is 187 Å². The number of thioether (sulfide) groups is 1. The predicted molar refractivity (Wildman–Crippen MR) is 120 cm³/mol. The van der Waals surface area contributed by atoms with Crippen molar-refractivity contribution in [2.45, 2.75) is 24.8 Å². The number of rotatable bonds is 8. The number of aromatic nitrogens is 4. The second-order valence-corrected chi connectivity index (χ2v) is 8.23. The molecule has 4 aromatic rings.